The molecule has 2 rings (SSSR count). The highest BCUT2D eigenvalue weighted by Gasteiger charge is 2.17. The Hall–Kier alpha value is -1.20. The van der Waals surface area contributed by atoms with Gasteiger partial charge < -0.3 is 15.0 Å². The number of anilines is 1. The van der Waals surface area contributed by atoms with Crippen LogP contribution >= 0.6 is 0 Å². The highest BCUT2D eigenvalue weighted by atomic mass is 16.5. The number of hydrogen-bond acceptors (Lipinski definition) is 5. The minimum absolute atomic E-state index is 0.0863. The third-order valence-electron chi connectivity index (χ3n) is 3.65. The van der Waals surface area contributed by atoms with Crippen molar-refractivity contribution in [3.63, 3.8) is 0 Å². The van der Waals surface area contributed by atoms with Gasteiger partial charge >= 0.3 is 0 Å². The zero-order chi connectivity index (χ0) is 15.3. The van der Waals surface area contributed by atoms with Gasteiger partial charge in [0.1, 0.15) is 5.82 Å². The number of nitrogens with zero attached hydrogens (tertiary/aromatic N) is 3. The zero-order valence-corrected chi connectivity index (χ0v) is 13.7. The highest BCUT2D eigenvalue weighted by Crippen LogP contribution is 2.17. The first-order valence-corrected chi connectivity index (χ1v) is 7.79. The van der Waals surface area contributed by atoms with Gasteiger partial charge in [-0.3, -0.25) is 4.98 Å². The lowest BCUT2D eigenvalue weighted by Gasteiger charge is -2.27. The Morgan fingerprint density at radius 1 is 1.38 bits per heavy atom. The van der Waals surface area contributed by atoms with Gasteiger partial charge in [0, 0.05) is 38.5 Å². The third-order valence-corrected chi connectivity index (χ3v) is 3.65. The molecule has 0 saturated carbocycles. The Labute approximate surface area is 128 Å². The van der Waals surface area contributed by atoms with Gasteiger partial charge in [0.2, 0.25) is 0 Å². The maximum atomic E-state index is 5.55. The molecule has 0 amide bonds. The van der Waals surface area contributed by atoms with E-state index in [4.69, 9.17) is 9.72 Å². The van der Waals surface area contributed by atoms with Crippen LogP contribution in [0.3, 0.4) is 0 Å². The molecule has 0 aromatic carbocycles. The lowest BCUT2D eigenvalue weighted by molar-refractivity contribution is 0.0576. The molecule has 1 saturated heterocycles. The van der Waals surface area contributed by atoms with Crippen molar-refractivity contribution in [1.29, 1.82) is 0 Å². The second-order valence-corrected chi connectivity index (χ2v) is 6.94. The van der Waals surface area contributed by atoms with Crippen LogP contribution in [-0.4, -0.2) is 42.3 Å². The number of aromatic nitrogens is 2. The summed E-state index contributed by atoms with van der Waals surface area (Å²) in [6, 6.07) is 0. The quantitative estimate of drug-likeness (QED) is 0.902. The molecule has 1 aromatic heterocycles. The Morgan fingerprint density at radius 3 is 2.86 bits per heavy atom. The van der Waals surface area contributed by atoms with E-state index in [-0.39, 0.29) is 5.54 Å². The van der Waals surface area contributed by atoms with Crippen LogP contribution in [-0.2, 0) is 11.3 Å². The molecule has 1 unspecified atom stereocenters. The van der Waals surface area contributed by atoms with E-state index in [0.29, 0.717) is 5.92 Å². The summed E-state index contributed by atoms with van der Waals surface area (Å²) in [6.45, 7) is 9.95. The van der Waals surface area contributed by atoms with Crippen molar-refractivity contribution in [2.45, 2.75) is 45.7 Å². The average Bonchev–Trinajstić information content (AvgIpc) is 2.46. The third kappa shape index (κ3) is 5.59. The first kappa shape index (κ1) is 16.2. The molecule has 2 heterocycles. The molecule has 1 fully saturated rings. The highest BCUT2D eigenvalue weighted by molar-refractivity contribution is 5.35. The maximum absolute atomic E-state index is 5.55. The molecule has 1 aliphatic rings. The summed E-state index contributed by atoms with van der Waals surface area (Å²) in [4.78, 5) is 11.2. The molecular formula is C16H28N4O. The average molecular weight is 292 g/mol. The van der Waals surface area contributed by atoms with Crippen LogP contribution in [0.4, 0.5) is 5.82 Å². The second kappa shape index (κ2) is 7.18. The Balaban J connectivity index is 1.92. The van der Waals surface area contributed by atoms with E-state index in [9.17, 15) is 0 Å². The predicted octanol–water partition coefficient (Wildman–Crippen LogP) is 2.23. The van der Waals surface area contributed by atoms with E-state index >= 15 is 0 Å². The standard InChI is InChI=1S/C16H28N4O/c1-16(2,3)18-9-14-8-17-10-15(19-14)20(4)11-13-6-5-7-21-12-13/h8,10,13,18H,5-7,9,11-12H2,1-4H3. The summed E-state index contributed by atoms with van der Waals surface area (Å²) in [5.74, 6) is 1.54. The van der Waals surface area contributed by atoms with Crippen LogP contribution in [0.15, 0.2) is 12.4 Å². The lowest BCUT2D eigenvalue weighted by atomic mass is 10.0. The fraction of sp³-hybridized carbons (Fsp3) is 0.750. The summed E-state index contributed by atoms with van der Waals surface area (Å²) in [5, 5.41) is 3.44. The molecule has 0 aliphatic carbocycles. The van der Waals surface area contributed by atoms with E-state index in [0.717, 1.165) is 37.8 Å². The van der Waals surface area contributed by atoms with Gasteiger partial charge in [0.05, 0.1) is 18.5 Å². The molecule has 21 heavy (non-hydrogen) atoms. The molecule has 118 valence electrons. The van der Waals surface area contributed by atoms with Gasteiger partial charge in [-0.15, -0.1) is 0 Å². The summed E-state index contributed by atoms with van der Waals surface area (Å²) in [5.41, 5.74) is 1.07. The van der Waals surface area contributed by atoms with Gasteiger partial charge in [-0.05, 0) is 39.5 Å². The first-order chi connectivity index (χ1) is 9.94. The Kier molecular flexibility index (Phi) is 5.53. The van der Waals surface area contributed by atoms with Crippen molar-refractivity contribution in [1.82, 2.24) is 15.3 Å². The molecule has 0 bridgehead atoms. The maximum Gasteiger partial charge on any atom is 0.147 e. The van der Waals surface area contributed by atoms with E-state index in [1.165, 1.54) is 12.8 Å². The Morgan fingerprint density at radius 2 is 2.19 bits per heavy atom. The number of nitrogens with one attached hydrogen (secondary N) is 1. The van der Waals surface area contributed by atoms with Crippen LogP contribution < -0.4 is 10.2 Å². The van der Waals surface area contributed by atoms with Crippen LogP contribution in [0.25, 0.3) is 0 Å². The smallest absolute Gasteiger partial charge is 0.147 e. The van der Waals surface area contributed by atoms with Crippen molar-refractivity contribution < 1.29 is 4.74 Å². The minimum atomic E-state index is 0.0863. The fourth-order valence-electron chi connectivity index (χ4n) is 2.45. The molecule has 1 atom stereocenters. The van der Waals surface area contributed by atoms with Crippen LogP contribution in [0.5, 0.6) is 0 Å². The van der Waals surface area contributed by atoms with Crippen molar-refractivity contribution in [3.05, 3.63) is 18.1 Å². The van der Waals surface area contributed by atoms with Crippen molar-refractivity contribution in [2.24, 2.45) is 5.92 Å². The fourth-order valence-corrected chi connectivity index (χ4v) is 2.45. The SMILES string of the molecule is CN(CC1CCCOC1)c1cncc(CNC(C)(C)C)n1. The second-order valence-electron chi connectivity index (χ2n) is 6.94. The van der Waals surface area contributed by atoms with Gasteiger partial charge in [-0.25, -0.2) is 4.98 Å². The number of rotatable bonds is 5. The first-order valence-electron chi connectivity index (χ1n) is 7.79. The molecule has 1 aliphatic heterocycles. The van der Waals surface area contributed by atoms with Crippen LogP contribution in [0.1, 0.15) is 39.3 Å². The molecule has 5 heteroatoms. The van der Waals surface area contributed by atoms with Crippen molar-refractivity contribution in [2.75, 3.05) is 31.7 Å². The van der Waals surface area contributed by atoms with Gasteiger partial charge in [-0.2, -0.15) is 0 Å². The van der Waals surface area contributed by atoms with Crippen LogP contribution in [0.2, 0.25) is 0 Å². The van der Waals surface area contributed by atoms with Crippen LogP contribution in [0, 0.1) is 5.92 Å². The van der Waals surface area contributed by atoms with E-state index in [1.54, 1.807) is 0 Å². The minimum Gasteiger partial charge on any atom is -0.381 e. The van der Waals surface area contributed by atoms with Crippen molar-refractivity contribution in [3.8, 4) is 0 Å². The summed E-state index contributed by atoms with van der Waals surface area (Å²) < 4.78 is 5.55. The van der Waals surface area contributed by atoms with Crippen molar-refractivity contribution >= 4 is 5.82 Å². The summed E-state index contributed by atoms with van der Waals surface area (Å²) in [6.07, 6.45) is 6.08. The molecule has 1 aromatic rings. The molecular weight excluding hydrogens is 264 g/mol. The Bertz CT molecular complexity index is 438. The monoisotopic (exact) mass is 292 g/mol. The van der Waals surface area contributed by atoms with E-state index in [1.807, 2.05) is 12.4 Å². The van der Waals surface area contributed by atoms with Gasteiger partial charge in [0.15, 0.2) is 0 Å². The topological polar surface area (TPSA) is 50.3 Å². The van der Waals surface area contributed by atoms with E-state index in [2.05, 4.69) is 43.0 Å². The molecule has 5 nitrogen and oxygen atoms in total. The molecule has 0 spiro atoms. The molecule has 0 radical (unpaired) electrons. The molecule has 1 N–H and O–H groups in total. The van der Waals surface area contributed by atoms with Gasteiger partial charge in [-0.1, -0.05) is 0 Å². The number of hydrogen-bond donors (Lipinski definition) is 1. The summed E-state index contributed by atoms with van der Waals surface area (Å²) in [7, 11) is 2.08. The number of ether oxygens (including phenoxy) is 1. The van der Waals surface area contributed by atoms with Gasteiger partial charge in [0.25, 0.3) is 0 Å². The van der Waals surface area contributed by atoms with E-state index < -0.39 is 0 Å². The zero-order valence-electron chi connectivity index (χ0n) is 13.7. The largest absolute Gasteiger partial charge is 0.381 e. The lowest BCUT2D eigenvalue weighted by Crippen LogP contribution is -2.35. The normalized spacial score (nSPS) is 19.5. The summed E-state index contributed by atoms with van der Waals surface area (Å²) >= 11 is 0. The predicted molar refractivity (Wildman–Crippen MR) is 85.4 cm³/mol.